The van der Waals surface area contributed by atoms with Crippen LogP contribution >= 0.6 is 23.2 Å². The summed E-state index contributed by atoms with van der Waals surface area (Å²) in [5, 5.41) is 2.80. The number of carbonyl (C=O) groups excluding carboxylic acids is 2. The third-order valence-electron chi connectivity index (χ3n) is 4.57. The van der Waals surface area contributed by atoms with E-state index in [1.54, 1.807) is 6.92 Å². The molecule has 1 saturated carbocycles. The Hall–Kier alpha value is -2.04. The van der Waals surface area contributed by atoms with Crippen LogP contribution in [0.4, 0.5) is 5.69 Å². The van der Waals surface area contributed by atoms with Gasteiger partial charge >= 0.3 is 5.97 Å². The summed E-state index contributed by atoms with van der Waals surface area (Å²) >= 11 is 11.9. The average molecular weight is 392 g/mol. The van der Waals surface area contributed by atoms with E-state index in [0.717, 1.165) is 11.1 Å². The van der Waals surface area contributed by atoms with E-state index in [4.69, 9.17) is 27.9 Å². The maximum Gasteiger partial charge on any atom is 0.315 e. The highest BCUT2D eigenvalue weighted by Gasteiger charge is 2.69. The largest absolute Gasteiger partial charge is 0.455 e. The molecule has 0 bridgehead atoms. The van der Waals surface area contributed by atoms with Gasteiger partial charge in [-0.3, -0.25) is 9.59 Å². The molecule has 26 heavy (non-hydrogen) atoms. The Balaban J connectivity index is 1.59. The number of anilines is 1. The first kappa shape index (κ1) is 18.7. The summed E-state index contributed by atoms with van der Waals surface area (Å²) < 4.78 is 3.97. The fourth-order valence-electron chi connectivity index (χ4n) is 2.71. The third-order valence-corrected chi connectivity index (χ3v) is 5.67. The molecular formula is C20H19Cl2NO3. The fraction of sp³-hybridized carbons (Fsp3) is 0.300. The molecule has 3 rings (SSSR count). The Bertz CT molecular complexity index is 823. The van der Waals surface area contributed by atoms with Crippen molar-refractivity contribution in [3.63, 3.8) is 0 Å². The van der Waals surface area contributed by atoms with E-state index in [-0.39, 0.29) is 6.61 Å². The minimum atomic E-state index is -1.11. The van der Waals surface area contributed by atoms with Gasteiger partial charge in [-0.2, -0.15) is 0 Å². The number of para-hydroxylation sites is 1. The summed E-state index contributed by atoms with van der Waals surface area (Å²) in [5.41, 5.74) is 1.87. The van der Waals surface area contributed by atoms with Crippen molar-refractivity contribution in [2.24, 2.45) is 5.41 Å². The van der Waals surface area contributed by atoms with Gasteiger partial charge in [-0.15, -0.1) is 23.2 Å². The number of halogens is 2. The molecule has 2 aromatic rings. The molecule has 0 unspecified atom stereocenters. The minimum Gasteiger partial charge on any atom is -0.455 e. The number of rotatable bonds is 6. The summed E-state index contributed by atoms with van der Waals surface area (Å²) in [7, 11) is 0. The number of hydrogen-bond donors (Lipinski definition) is 1. The van der Waals surface area contributed by atoms with Crippen molar-refractivity contribution in [1.29, 1.82) is 0 Å². The Kier molecular flexibility index (Phi) is 5.26. The minimum absolute atomic E-state index is 0.323. The van der Waals surface area contributed by atoms with Crippen LogP contribution in [-0.2, 0) is 20.7 Å². The van der Waals surface area contributed by atoms with Crippen molar-refractivity contribution in [2.75, 3.05) is 11.9 Å². The van der Waals surface area contributed by atoms with E-state index >= 15 is 0 Å². The quantitative estimate of drug-likeness (QED) is 0.588. The Morgan fingerprint density at radius 1 is 1.08 bits per heavy atom. The highest BCUT2D eigenvalue weighted by molar-refractivity contribution is 6.53. The lowest BCUT2D eigenvalue weighted by molar-refractivity contribution is -0.152. The number of alkyl halides is 2. The second-order valence-electron chi connectivity index (χ2n) is 6.66. The molecule has 0 radical (unpaired) electrons. The van der Waals surface area contributed by atoms with Gasteiger partial charge in [-0.1, -0.05) is 48.5 Å². The molecular weight excluding hydrogens is 373 g/mol. The van der Waals surface area contributed by atoms with E-state index in [1.807, 2.05) is 54.6 Å². The normalized spacial score (nSPS) is 20.3. The Morgan fingerprint density at radius 2 is 1.69 bits per heavy atom. The summed E-state index contributed by atoms with van der Waals surface area (Å²) in [6, 6.07) is 17.5. The molecule has 1 aliphatic carbocycles. The molecule has 1 N–H and O–H groups in total. The van der Waals surface area contributed by atoms with Gasteiger partial charge in [0.15, 0.2) is 6.61 Å². The smallest absolute Gasteiger partial charge is 0.315 e. The van der Waals surface area contributed by atoms with Crippen molar-refractivity contribution < 1.29 is 14.3 Å². The van der Waals surface area contributed by atoms with Crippen molar-refractivity contribution in [2.45, 2.75) is 24.1 Å². The Labute approximate surface area is 162 Å². The molecule has 1 aliphatic rings. The van der Waals surface area contributed by atoms with Crippen molar-refractivity contribution in [3.05, 3.63) is 65.7 Å². The molecule has 0 spiro atoms. The van der Waals surface area contributed by atoms with Crippen molar-refractivity contribution in [1.82, 2.24) is 0 Å². The Morgan fingerprint density at radius 3 is 2.35 bits per heavy atom. The highest BCUT2D eigenvalue weighted by atomic mass is 35.5. The van der Waals surface area contributed by atoms with Crippen LogP contribution in [0, 0.1) is 5.41 Å². The number of esters is 1. The zero-order valence-electron chi connectivity index (χ0n) is 14.3. The van der Waals surface area contributed by atoms with Crippen LogP contribution in [0.3, 0.4) is 0 Å². The lowest BCUT2D eigenvalue weighted by Gasteiger charge is -2.13. The van der Waals surface area contributed by atoms with E-state index < -0.39 is 21.6 Å². The van der Waals surface area contributed by atoms with Gasteiger partial charge in [-0.05, 0) is 30.5 Å². The topological polar surface area (TPSA) is 55.4 Å². The summed E-state index contributed by atoms with van der Waals surface area (Å²) in [4.78, 5) is 24.2. The van der Waals surface area contributed by atoms with Crippen LogP contribution < -0.4 is 5.32 Å². The van der Waals surface area contributed by atoms with E-state index in [9.17, 15) is 9.59 Å². The van der Waals surface area contributed by atoms with Crippen molar-refractivity contribution >= 4 is 40.8 Å². The molecule has 4 nitrogen and oxygen atoms in total. The number of ether oxygens (including phenoxy) is 1. The third kappa shape index (κ3) is 4.02. The zero-order valence-corrected chi connectivity index (χ0v) is 15.8. The monoisotopic (exact) mass is 391 g/mol. The van der Waals surface area contributed by atoms with Crippen LogP contribution in [0.2, 0.25) is 0 Å². The molecule has 0 aromatic heterocycles. The first-order valence-corrected chi connectivity index (χ1v) is 9.04. The van der Waals surface area contributed by atoms with Gasteiger partial charge in [0.25, 0.3) is 5.91 Å². The number of amides is 1. The van der Waals surface area contributed by atoms with Gasteiger partial charge in [0.2, 0.25) is 0 Å². The molecule has 1 amide bonds. The predicted molar refractivity (Wildman–Crippen MR) is 102 cm³/mol. The first-order valence-electron chi connectivity index (χ1n) is 8.28. The second kappa shape index (κ2) is 7.29. The van der Waals surface area contributed by atoms with E-state index in [1.165, 1.54) is 0 Å². The van der Waals surface area contributed by atoms with Gasteiger partial charge in [0.05, 0.1) is 0 Å². The fourth-order valence-corrected chi connectivity index (χ4v) is 3.40. The molecule has 1 fully saturated rings. The van der Waals surface area contributed by atoms with Crippen LogP contribution in [0.15, 0.2) is 54.6 Å². The van der Waals surface area contributed by atoms with Gasteiger partial charge in [0, 0.05) is 12.1 Å². The zero-order chi connectivity index (χ0) is 18.8. The molecule has 1 atom stereocenters. The maximum atomic E-state index is 12.2. The number of hydrogen-bond acceptors (Lipinski definition) is 3. The summed E-state index contributed by atoms with van der Waals surface area (Å²) in [6.45, 7) is 1.25. The van der Waals surface area contributed by atoms with E-state index in [2.05, 4.69) is 5.32 Å². The number of carbonyl (C=O) groups is 2. The highest BCUT2D eigenvalue weighted by Crippen LogP contribution is 2.64. The molecule has 2 aromatic carbocycles. The first-order chi connectivity index (χ1) is 12.3. The number of benzene rings is 2. The molecule has 0 heterocycles. The van der Waals surface area contributed by atoms with Crippen molar-refractivity contribution in [3.8, 4) is 0 Å². The van der Waals surface area contributed by atoms with Crippen LogP contribution in [0.25, 0.3) is 0 Å². The van der Waals surface area contributed by atoms with Crippen LogP contribution in [0.1, 0.15) is 24.5 Å². The lowest BCUT2D eigenvalue weighted by Crippen LogP contribution is -2.27. The SMILES string of the molecule is C[C@@]1(C(=O)OCC(=O)Nc2ccccc2Cc2ccccc2)CC1(Cl)Cl. The standard InChI is InChI=1S/C20H19Cl2NO3/c1-19(13-20(19,21)22)18(25)26-12-17(24)23-16-10-6-5-9-15(16)11-14-7-3-2-4-8-14/h2-10H,11-13H2,1H3,(H,23,24)/t19-/m0/s1. The molecule has 0 saturated heterocycles. The maximum absolute atomic E-state index is 12.2. The average Bonchev–Trinajstić information content (AvgIpc) is 3.15. The van der Waals surface area contributed by atoms with Crippen LogP contribution in [0.5, 0.6) is 0 Å². The van der Waals surface area contributed by atoms with Gasteiger partial charge < -0.3 is 10.1 Å². The summed E-state index contributed by atoms with van der Waals surface area (Å²) in [6.07, 6.45) is 1.01. The predicted octanol–water partition coefficient (Wildman–Crippen LogP) is 4.34. The molecule has 6 heteroatoms. The summed E-state index contributed by atoms with van der Waals surface area (Å²) in [5.74, 6) is -0.965. The van der Waals surface area contributed by atoms with Gasteiger partial charge in [-0.25, -0.2) is 0 Å². The lowest BCUT2D eigenvalue weighted by atomic mass is 10.0. The van der Waals surface area contributed by atoms with E-state index in [0.29, 0.717) is 18.5 Å². The van der Waals surface area contributed by atoms with Gasteiger partial charge in [0.1, 0.15) is 9.75 Å². The second-order valence-corrected chi connectivity index (χ2v) is 8.14. The molecule has 0 aliphatic heterocycles. The number of nitrogens with one attached hydrogen (secondary N) is 1. The van der Waals surface area contributed by atoms with Crippen LogP contribution in [-0.4, -0.2) is 22.8 Å². The molecule has 136 valence electrons.